The van der Waals surface area contributed by atoms with E-state index in [1.807, 2.05) is 43.3 Å². The summed E-state index contributed by atoms with van der Waals surface area (Å²) in [6.45, 7) is 2.92. The Labute approximate surface area is 119 Å². The minimum absolute atomic E-state index is 0.468. The minimum atomic E-state index is 0.468. The molecule has 0 atom stereocenters. The van der Waals surface area contributed by atoms with Gasteiger partial charge in [0.1, 0.15) is 6.61 Å². The van der Waals surface area contributed by atoms with Crippen molar-refractivity contribution in [3.63, 3.8) is 0 Å². The quantitative estimate of drug-likeness (QED) is 0.810. The fraction of sp³-hybridized carbons (Fsp3) is 0.312. The number of benzene rings is 1. The molecule has 2 aromatic rings. The van der Waals surface area contributed by atoms with Crippen molar-refractivity contribution in [2.24, 2.45) is 0 Å². The standard InChI is InChI=1S/C16H19NO3/c1-12-9-14(11-18-2)16(19-3)17-15(12)20-10-13-7-5-4-6-8-13/h4-9H,10-11H2,1-3H3. The predicted molar refractivity (Wildman–Crippen MR) is 77.0 cm³/mol. The van der Waals surface area contributed by atoms with Gasteiger partial charge in [-0.25, -0.2) is 0 Å². The number of pyridine rings is 1. The van der Waals surface area contributed by atoms with Gasteiger partial charge < -0.3 is 14.2 Å². The Hall–Kier alpha value is -2.07. The molecule has 2 rings (SSSR count). The normalized spacial score (nSPS) is 10.3. The molecule has 1 aromatic carbocycles. The monoisotopic (exact) mass is 273 g/mol. The molecule has 0 bridgehead atoms. The summed E-state index contributed by atoms with van der Waals surface area (Å²) >= 11 is 0. The number of aromatic nitrogens is 1. The number of hydrogen-bond acceptors (Lipinski definition) is 4. The first kappa shape index (κ1) is 14.3. The first-order valence-electron chi connectivity index (χ1n) is 6.44. The highest BCUT2D eigenvalue weighted by Gasteiger charge is 2.11. The van der Waals surface area contributed by atoms with E-state index in [0.717, 1.165) is 16.7 Å². The summed E-state index contributed by atoms with van der Waals surface area (Å²) in [7, 11) is 3.24. The molecule has 0 amide bonds. The lowest BCUT2D eigenvalue weighted by Gasteiger charge is -2.13. The van der Waals surface area contributed by atoms with Gasteiger partial charge in [0, 0.05) is 18.2 Å². The van der Waals surface area contributed by atoms with Crippen LogP contribution in [0.25, 0.3) is 0 Å². The van der Waals surface area contributed by atoms with Crippen molar-refractivity contribution >= 4 is 0 Å². The van der Waals surface area contributed by atoms with Crippen LogP contribution in [0, 0.1) is 6.92 Å². The van der Waals surface area contributed by atoms with Gasteiger partial charge in [0.2, 0.25) is 11.8 Å². The minimum Gasteiger partial charge on any atom is -0.481 e. The van der Waals surface area contributed by atoms with Crippen LogP contribution in [0.1, 0.15) is 16.7 Å². The molecule has 0 aliphatic heterocycles. The zero-order valence-corrected chi connectivity index (χ0v) is 12.1. The Kier molecular flexibility index (Phi) is 4.96. The molecule has 1 aromatic heterocycles. The second-order valence-corrected chi connectivity index (χ2v) is 4.49. The Balaban J connectivity index is 2.15. The van der Waals surface area contributed by atoms with E-state index < -0.39 is 0 Å². The fourth-order valence-electron chi connectivity index (χ4n) is 1.94. The molecule has 0 saturated heterocycles. The molecule has 1 heterocycles. The molecule has 0 spiro atoms. The second kappa shape index (κ2) is 6.91. The molecule has 0 saturated carbocycles. The zero-order valence-electron chi connectivity index (χ0n) is 12.1. The van der Waals surface area contributed by atoms with E-state index >= 15 is 0 Å². The Morgan fingerprint density at radius 1 is 1.00 bits per heavy atom. The topological polar surface area (TPSA) is 40.6 Å². The van der Waals surface area contributed by atoms with E-state index in [4.69, 9.17) is 14.2 Å². The second-order valence-electron chi connectivity index (χ2n) is 4.49. The molecule has 0 radical (unpaired) electrons. The maximum absolute atomic E-state index is 5.77. The molecule has 0 fully saturated rings. The summed E-state index contributed by atoms with van der Waals surface area (Å²) in [5, 5.41) is 0. The van der Waals surface area contributed by atoms with Crippen LogP contribution in [0.3, 0.4) is 0 Å². The number of methoxy groups -OCH3 is 2. The lowest BCUT2D eigenvalue weighted by atomic mass is 10.2. The summed E-state index contributed by atoms with van der Waals surface area (Å²) in [6.07, 6.45) is 0. The third-order valence-electron chi connectivity index (χ3n) is 2.92. The van der Waals surface area contributed by atoms with Crippen molar-refractivity contribution < 1.29 is 14.2 Å². The summed E-state index contributed by atoms with van der Waals surface area (Å²) < 4.78 is 16.2. The molecule has 106 valence electrons. The molecular weight excluding hydrogens is 254 g/mol. The van der Waals surface area contributed by atoms with Crippen molar-refractivity contribution in [1.82, 2.24) is 4.98 Å². The Morgan fingerprint density at radius 2 is 1.75 bits per heavy atom. The largest absolute Gasteiger partial charge is 0.481 e. The van der Waals surface area contributed by atoms with Crippen LogP contribution in [0.2, 0.25) is 0 Å². The molecule has 4 heteroatoms. The third kappa shape index (κ3) is 3.48. The van der Waals surface area contributed by atoms with E-state index in [1.54, 1.807) is 14.2 Å². The van der Waals surface area contributed by atoms with Crippen molar-refractivity contribution in [2.75, 3.05) is 14.2 Å². The lowest BCUT2D eigenvalue weighted by Crippen LogP contribution is -2.03. The van der Waals surface area contributed by atoms with Crippen LogP contribution in [-0.4, -0.2) is 19.2 Å². The van der Waals surface area contributed by atoms with Gasteiger partial charge in [-0.3, -0.25) is 0 Å². The van der Waals surface area contributed by atoms with Crippen molar-refractivity contribution in [3.05, 3.63) is 53.1 Å². The highest BCUT2D eigenvalue weighted by Crippen LogP contribution is 2.25. The predicted octanol–water partition coefficient (Wildman–Crippen LogP) is 3.12. The number of ether oxygens (including phenoxy) is 3. The van der Waals surface area contributed by atoms with E-state index in [-0.39, 0.29) is 0 Å². The molecular formula is C16H19NO3. The average Bonchev–Trinajstić information content (AvgIpc) is 2.48. The van der Waals surface area contributed by atoms with Gasteiger partial charge in [-0.15, -0.1) is 0 Å². The van der Waals surface area contributed by atoms with Gasteiger partial charge >= 0.3 is 0 Å². The van der Waals surface area contributed by atoms with E-state index in [2.05, 4.69) is 4.98 Å². The molecule has 0 N–H and O–H groups in total. The highest BCUT2D eigenvalue weighted by molar-refractivity contribution is 5.37. The van der Waals surface area contributed by atoms with Gasteiger partial charge in [0.05, 0.1) is 13.7 Å². The fourth-order valence-corrected chi connectivity index (χ4v) is 1.94. The SMILES string of the molecule is COCc1cc(C)c(OCc2ccccc2)nc1OC. The highest BCUT2D eigenvalue weighted by atomic mass is 16.5. The Bertz CT molecular complexity index is 555. The zero-order chi connectivity index (χ0) is 14.4. The van der Waals surface area contributed by atoms with Crippen molar-refractivity contribution in [2.45, 2.75) is 20.1 Å². The summed E-state index contributed by atoms with van der Waals surface area (Å²) in [6, 6.07) is 12.0. The van der Waals surface area contributed by atoms with Crippen LogP contribution >= 0.6 is 0 Å². The molecule has 0 aliphatic rings. The van der Waals surface area contributed by atoms with Crippen molar-refractivity contribution in [1.29, 1.82) is 0 Å². The third-order valence-corrected chi connectivity index (χ3v) is 2.92. The van der Waals surface area contributed by atoms with Gasteiger partial charge in [0.15, 0.2) is 0 Å². The van der Waals surface area contributed by atoms with E-state index in [9.17, 15) is 0 Å². The van der Waals surface area contributed by atoms with Gasteiger partial charge in [-0.05, 0) is 18.6 Å². The smallest absolute Gasteiger partial charge is 0.221 e. The first-order valence-corrected chi connectivity index (χ1v) is 6.44. The number of rotatable bonds is 6. The average molecular weight is 273 g/mol. The van der Waals surface area contributed by atoms with E-state index in [1.165, 1.54) is 0 Å². The lowest BCUT2D eigenvalue weighted by molar-refractivity contribution is 0.180. The van der Waals surface area contributed by atoms with Crippen LogP contribution in [-0.2, 0) is 18.0 Å². The molecule has 20 heavy (non-hydrogen) atoms. The number of hydrogen-bond donors (Lipinski definition) is 0. The summed E-state index contributed by atoms with van der Waals surface area (Å²) in [5.74, 6) is 1.13. The molecule has 4 nitrogen and oxygen atoms in total. The van der Waals surface area contributed by atoms with E-state index in [0.29, 0.717) is 25.0 Å². The van der Waals surface area contributed by atoms with Gasteiger partial charge in [0.25, 0.3) is 0 Å². The number of nitrogens with zero attached hydrogens (tertiary/aromatic N) is 1. The maximum atomic E-state index is 5.77. The van der Waals surface area contributed by atoms with Gasteiger partial charge in [-0.2, -0.15) is 4.98 Å². The van der Waals surface area contributed by atoms with Crippen molar-refractivity contribution in [3.8, 4) is 11.8 Å². The first-order chi connectivity index (χ1) is 9.74. The summed E-state index contributed by atoms with van der Waals surface area (Å²) in [5.41, 5.74) is 2.99. The van der Waals surface area contributed by atoms with Crippen LogP contribution in [0.5, 0.6) is 11.8 Å². The Morgan fingerprint density at radius 3 is 2.40 bits per heavy atom. The van der Waals surface area contributed by atoms with Gasteiger partial charge in [-0.1, -0.05) is 30.3 Å². The summed E-state index contributed by atoms with van der Waals surface area (Å²) in [4.78, 5) is 4.40. The van der Waals surface area contributed by atoms with Crippen LogP contribution in [0.15, 0.2) is 36.4 Å². The molecule has 0 unspecified atom stereocenters. The van der Waals surface area contributed by atoms with Crippen LogP contribution in [0.4, 0.5) is 0 Å². The molecule has 0 aliphatic carbocycles. The van der Waals surface area contributed by atoms with Crippen LogP contribution < -0.4 is 9.47 Å². The maximum Gasteiger partial charge on any atom is 0.221 e. The number of aryl methyl sites for hydroxylation is 1.